The number of carbonyl (C=O) groups excluding carboxylic acids is 1. The van der Waals surface area contributed by atoms with E-state index >= 15 is 0 Å². The molecule has 0 radical (unpaired) electrons. The van der Waals surface area contributed by atoms with Crippen molar-refractivity contribution >= 4 is 17.6 Å². The number of nitrogens with zero attached hydrogens (tertiary/aromatic N) is 4. The molecule has 100 valence electrons. The largest absolute Gasteiger partial charge is 0.480 e. The highest BCUT2D eigenvalue weighted by Gasteiger charge is 2.06. The number of hydrogen-bond acceptors (Lipinski definition) is 4. The zero-order valence-electron chi connectivity index (χ0n) is 10.1. The summed E-state index contributed by atoms with van der Waals surface area (Å²) in [5.74, 6) is -1.15. The van der Waals surface area contributed by atoms with Gasteiger partial charge < -0.3 is 15.0 Å². The predicted octanol–water partition coefficient (Wildman–Crippen LogP) is 0.193. The molecule has 0 aliphatic carbocycles. The molecule has 0 aromatic carbocycles. The number of aliphatic carboxylic acids is 1. The van der Waals surface area contributed by atoms with E-state index in [9.17, 15) is 9.59 Å². The minimum Gasteiger partial charge on any atom is -0.480 e. The van der Waals surface area contributed by atoms with Crippen molar-refractivity contribution in [3.8, 4) is 0 Å². The second-order valence-electron chi connectivity index (χ2n) is 3.92. The molecular formula is C11H13N5O3. The van der Waals surface area contributed by atoms with Crippen molar-refractivity contribution in [3.63, 3.8) is 0 Å². The molecule has 0 bridgehead atoms. The highest BCUT2D eigenvalue weighted by molar-refractivity contribution is 5.90. The molecule has 0 atom stereocenters. The van der Waals surface area contributed by atoms with Crippen LogP contribution in [0, 0.1) is 0 Å². The van der Waals surface area contributed by atoms with Crippen molar-refractivity contribution in [1.29, 1.82) is 0 Å². The molecule has 0 saturated carbocycles. The molecule has 2 rings (SSSR count). The van der Waals surface area contributed by atoms with Crippen LogP contribution in [0.1, 0.15) is 6.42 Å². The maximum absolute atomic E-state index is 11.6. The number of carboxylic acids is 1. The van der Waals surface area contributed by atoms with E-state index in [-0.39, 0.29) is 12.5 Å². The van der Waals surface area contributed by atoms with Gasteiger partial charge in [-0.3, -0.25) is 14.3 Å². The van der Waals surface area contributed by atoms with Crippen LogP contribution in [0.5, 0.6) is 0 Å². The van der Waals surface area contributed by atoms with Gasteiger partial charge in [0, 0.05) is 31.6 Å². The van der Waals surface area contributed by atoms with Crippen molar-refractivity contribution in [1.82, 2.24) is 19.3 Å². The van der Waals surface area contributed by atoms with E-state index in [1.807, 2.05) is 0 Å². The monoisotopic (exact) mass is 263 g/mol. The Balaban J connectivity index is 1.81. The topological polar surface area (TPSA) is 102 Å². The van der Waals surface area contributed by atoms with Gasteiger partial charge in [-0.15, -0.1) is 0 Å². The van der Waals surface area contributed by atoms with E-state index < -0.39 is 5.97 Å². The quantitative estimate of drug-likeness (QED) is 0.774. The van der Waals surface area contributed by atoms with E-state index in [0.717, 1.165) is 0 Å². The Labute approximate surface area is 108 Å². The lowest BCUT2D eigenvalue weighted by Gasteiger charge is -2.03. The Kier molecular flexibility index (Phi) is 3.91. The van der Waals surface area contributed by atoms with Crippen LogP contribution < -0.4 is 5.32 Å². The van der Waals surface area contributed by atoms with Gasteiger partial charge in [-0.1, -0.05) is 0 Å². The lowest BCUT2D eigenvalue weighted by atomic mass is 10.4. The molecule has 2 heterocycles. The second kappa shape index (κ2) is 5.80. The summed E-state index contributed by atoms with van der Waals surface area (Å²) in [7, 11) is 0. The van der Waals surface area contributed by atoms with E-state index in [1.165, 1.54) is 17.1 Å². The number of imidazole rings is 1. The fourth-order valence-corrected chi connectivity index (χ4v) is 1.53. The van der Waals surface area contributed by atoms with Gasteiger partial charge in [0.2, 0.25) is 5.91 Å². The zero-order valence-corrected chi connectivity index (χ0v) is 10.1. The highest BCUT2D eigenvalue weighted by Crippen LogP contribution is 2.05. The van der Waals surface area contributed by atoms with Crippen LogP contribution in [-0.4, -0.2) is 36.3 Å². The third-order valence-electron chi connectivity index (χ3n) is 2.37. The van der Waals surface area contributed by atoms with Crippen LogP contribution in [0.4, 0.5) is 5.69 Å². The number of aromatic nitrogens is 4. The lowest BCUT2D eigenvalue weighted by molar-refractivity contribution is -0.137. The molecule has 19 heavy (non-hydrogen) atoms. The number of hydrogen-bond donors (Lipinski definition) is 2. The van der Waals surface area contributed by atoms with Crippen LogP contribution >= 0.6 is 0 Å². The van der Waals surface area contributed by atoms with Gasteiger partial charge in [0.1, 0.15) is 6.54 Å². The predicted molar refractivity (Wildman–Crippen MR) is 65.3 cm³/mol. The Bertz CT molecular complexity index is 561. The van der Waals surface area contributed by atoms with Gasteiger partial charge in [0.15, 0.2) is 0 Å². The molecule has 0 unspecified atom stereocenters. The van der Waals surface area contributed by atoms with E-state index in [2.05, 4.69) is 15.4 Å². The molecular weight excluding hydrogens is 250 g/mol. The number of rotatable bonds is 6. The smallest absolute Gasteiger partial charge is 0.325 e. The van der Waals surface area contributed by atoms with E-state index in [1.54, 1.807) is 23.3 Å². The Hall–Kier alpha value is -2.64. The summed E-state index contributed by atoms with van der Waals surface area (Å²) < 4.78 is 3.04. The van der Waals surface area contributed by atoms with Crippen molar-refractivity contribution in [2.45, 2.75) is 19.5 Å². The molecule has 0 aliphatic heterocycles. The SMILES string of the molecule is O=C(O)Cn1cc(NC(=O)CCn2ccnc2)cn1. The summed E-state index contributed by atoms with van der Waals surface area (Å²) in [4.78, 5) is 26.0. The van der Waals surface area contributed by atoms with Gasteiger partial charge in [0.05, 0.1) is 18.2 Å². The fourth-order valence-electron chi connectivity index (χ4n) is 1.53. The van der Waals surface area contributed by atoms with Crippen molar-refractivity contribution in [2.24, 2.45) is 0 Å². The molecule has 8 nitrogen and oxygen atoms in total. The third kappa shape index (κ3) is 3.95. The van der Waals surface area contributed by atoms with Gasteiger partial charge >= 0.3 is 5.97 Å². The van der Waals surface area contributed by atoms with Crippen LogP contribution in [0.3, 0.4) is 0 Å². The standard InChI is InChI=1S/C11H13N5O3/c17-10(1-3-15-4-2-12-8-15)14-9-5-13-16(6-9)7-11(18)19/h2,4-6,8H,1,3,7H2,(H,14,17)(H,18,19). The molecule has 0 saturated heterocycles. The average Bonchev–Trinajstić information content (AvgIpc) is 2.97. The Morgan fingerprint density at radius 3 is 2.95 bits per heavy atom. The van der Waals surface area contributed by atoms with Crippen LogP contribution in [-0.2, 0) is 22.7 Å². The first-order valence-electron chi connectivity index (χ1n) is 5.63. The number of aryl methyl sites for hydroxylation is 1. The first-order chi connectivity index (χ1) is 9.13. The van der Waals surface area contributed by atoms with Crippen molar-refractivity contribution in [2.75, 3.05) is 5.32 Å². The molecule has 2 aromatic rings. The lowest BCUT2D eigenvalue weighted by Crippen LogP contribution is -2.13. The number of nitrogens with one attached hydrogen (secondary N) is 1. The second-order valence-corrected chi connectivity index (χ2v) is 3.92. The molecule has 1 amide bonds. The van der Waals surface area contributed by atoms with Crippen molar-refractivity contribution in [3.05, 3.63) is 31.1 Å². The fraction of sp³-hybridized carbons (Fsp3) is 0.273. The van der Waals surface area contributed by atoms with Crippen molar-refractivity contribution < 1.29 is 14.7 Å². The molecule has 8 heteroatoms. The van der Waals surface area contributed by atoms with Gasteiger partial charge in [0.25, 0.3) is 0 Å². The van der Waals surface area contributed by atoms with Crippen LogP contribution in [0.2, 0.25) is 0 Å². The zero-order chi connectivity index (χ0) is 13.7. The summed E-state index contributed by atoms with van der Waals surface area (Å²) in [6.45, 7) is 0.306. The van der Waals surface area contributed by atoms with Gasteiger partial charge in [-0.25, -0.2) is 4.98 Å². The summed E-state index contributed by atoms with van der Waals surface area (Å²) in [6.07, 6.45) is 8.26. The Morgan fingerprint density at radius 2 is 2.26 bits per heavy atom. The average molecular weight is 263 g/mol. The summed E-state index contributed by atoms with van der Waals surface area (Å²) in [5.41, 5.74) is 0.483. The maximum Gasteiger partial charge on any atom is 0.325 e. The first-order valence-corrected chi connectivity index (χ1v) is 5.63. The summed E-state index contributed by atoms with van der Waals surface area (Å²) in [5, 5.41) is 15.1. The number of carboxylic acid groups (broad SMARTS) is 1. The third-order valence-corrected chi connectivity index (χ3v) is 2.37. The van der Waals surface area contributed by atoms with E-state index in [4.69, 9.17) is 5.11 Å². The Morgan fingerprint density at radius 1 is 1.42 bits per heavy atom. The first kappa shape index (κ1) is 12.8. The minimum atomic E-state index is -0.985. The highest BCUT2D eigenvalue weighted by atomic mass is 16.4. The van der Waals surface area contributed by atoms with Crippen LogP contribution in [0.15, 0.2) is 31.1 Å². The summed E-state index contributed by atoms with van der Waals surface area (Å²) in [6, 6.07) is 0. The minimum absolute atomic E-state index is 0.163. The normalized spacial score (nSPS) is 10.3. The maximum atomic E-state index is 11.6. The number of anilines is 1. The van der Waals surface area contributed by atoms with Gasteiger partial charge in [-0.05, 0) is 0 Å². The summed E-state index contributed by atoms with van der Waals surface area (Å²) >= 11 is 0. The van der Waals surface area contributed by atoms with Crippen LogP contribution in [0.25, 0.3) is 0 Å². The molecule has 0 fully saturated rings. The molecule has 0 aliphatic rings. The molecule has 2 N–H and O–H groups in total. The number of amides is 1. The number of carbonyl (C=O) groups is 2. The van der Waals surface area contributed by atoms with E-state index in [0.29, 0.717) is 18.7 Å². The molecule has 0 spiro atoms. The van der Waals surface area contributed by atoms with Gasteiger partial charge in [-0.2, -0.15) is 5.10 Å². The molecule has 2 aromatic heterocycles.